The third-order valence-electron chi connectivity index (χ3n) is 4.70. The summed E-state index contributed by atoms with van der Waals surface area (Å²) in [5, 5.41) is 12.0. The topological polar surface area (TPSA) is 150 Å². The second-order valence-corrected chi connectivity index (χ2v) is 7.57. The number of carbonyl (C=O) groups excluding carboxylic acids is 1. The number of hydrogen-bond acceptors (Lipinski definition) is 12. The molecule has 1 saturated heterocycles. The third kappa shape index (κ3) is 5.73. The van der Waals surface area contributed by atoms with Crippen molar-refractivity contribution >= 4 is 40.7 Å². The normalized spacial score (nSPS) is 13.6. The summed E-state index contributed by atoms with van der Waals surface area (Å²) in [6.07, 6.45) is 3.46. The summed E-state index contributed by atoms with van der Waals surface area (Å²) in [6.45, 7) is 4.57. The van der Waals surface area contributed by atoms with Crippen LogP contribution in [0.15, 0.2) is 23.5 Å². The molecule has 172 valence electrons. The predicted molar refractivity (Wildman–Crippen MR) is 120 cm³/mol. The minimum absolute atomic E-state index is 0.0565. The number of anilines is 3. The van der Waals surface area contributed by atoms with Crippen LogP contribution in [0.4, 0.5) is 23.0 Å². The van der Waals surface area contributed by atoms with Crippen LogP contribution in [-0.4, -0.2) is 71.6 Å². The van der Waals surface area contributed by atoms with Gasteiger partial charge in [0, 0.05) is 13.1 Å². The van der Waals surface area contributed by atoms with Crippen molar-refractivity contribution in [1.82, 2.24) is 15.0 Å². The largest absolute Gasteiger partial charge is 0.465 e. The number of nitrogens with zero attached hydrogens (tertiary/aromatic N) is 6. The van der Waals surface area contributed by atoms with Gasteiger partial charge in [0.25, 0.3) is 0 Å². The highest BCUT2D eigenvalue weighted by Gasteiger charge is 2.29. The number of ether oxygens (including phenoxy) is 2. The molecule has 2 aromatic heterocycles. The van der Waals surface area contributed by atoms with Crippen molar-refractivity contribution in [2.45, 2.75) is 18.6 Å². The number of thioether (sulfide) groups is 1. The highest BCUT2D eigenvalue weighted by atomic mass is 32.2. The number of pyridine rings is 1. The van der Waals surface area contributed by atoms with Crippen molar-refractivity contribution in [2.24, 2.45) is 0 Å². The first-order chi connectivity index (χ1) is 15.4. The lowest BCUT2D eigenvalue weighted by Gasteiger charge is -2.28. The minimum atomic E-state index is -0.651. The zero-order valence-corrected chi connectivity index (χ0v) is 18.7. The van der Waals surface area contributed by atoms with Gasteiger partial charge in [0.15, 0.2) is 5.16 Å². The fourth-order valence-corrected chi connectivity index (χ4v) is 3.58. The Morgan fingerprint density at radius 1 is 1.38 bits per heavy atom. The number of nitro groups is 1. The molecule has 0 unspecified atom stereocenters. The molecule has 2 aromatic rings. The van der Waals surface area contributed by atoms with E-state index in [-0.39, 0.29) is 36.5 Å². The van der Waals surface area contributed by atoms with Gasteiger partial charge in [-0.2, -0.15) is 9.97 Å². The quantitative estimate of drug-likeness (QED) is 0.189. The van der Waals surface area contributed by atoms with Crippen molar-refractivity contribution in [3.63, 3.8) is 0 Å². The Bertz CT molecular complexity index is 954. The Balaban J connectivity index is 1.92. The number of hydrogen-bond donors (Lipinski definition) is 1. The highest BCUT2D eigenvalue weighted by Crippen LogP contribution is 2.33. The minimum Gasteiger partial charge on any atom is -0.465 e. The van der Waals surface area contributed by atoms with Crippen LogP contribution in [0, 0.1) is 10.1 Å². The van der Waals surface area contributed by atoms with Crippen molar-refractivity contribution in [2.75, 3.05) is 61.2 Å². The molecular weight excluding hydrogens is 438 g/mol. The predicted octanol–water partition coefficient (Wildman–Crippen LogP) is 1.49. The molecule has 0 atom stereocenters. The summed E-state index contributed by atoms with van der Waals surface area (Å²) >= 11 is 1.19. The van der Waals surface area contributed by atoms with Gasteiger partial charge in [-0.1, -0.05) is 11.8 Å². The highest BCUT2D eigenvalue weighted by molar-refractivity contribution is 7.98. The van der Waals surface area contributed by atoms with Gasteiger partial charge in [0.1, 0.15) is 6.54 Å². The summed E-state index contributed by atoms with van der Waals surface area (Å²) in [7, 11) is 0. The smallest absolute Gasteiger partial charge is 0.353 e. The standard InChI is InChI=1S/C19H25N7O5S/c1-3-31-15(27)12-25(18-16(26(28)29)17(20)22-19(23-18)32-2)11-13-4-5-14(10-21-13)24-6-8-30-9-7-24/h4-5,10H,3,6-9,11-12H2,1-2H3,(H2,20,22,23). The SMILES string of the molecule is CCOC(=O)CN(Cc1ccc(N2CCOCC2)cn1)c1nc(SC)nc(N)c1[N+](=O)[O-]. The average Bonchev–Trinajstić information content (AvgIpc) is 2.79. The van der Waals surface area contributed by atoms with Gasteiger partial charge < -0.3 is 25.0 Å². The molecule has 0 saturated carbocycles. The van der Waals surface area contributed by atoms with E-state index >= 15 is 0 Å². The van der Waals surface area contributed by atoms with E-state index < -0.39 is 16.6 Å². The molecule has 0 amide bonds. The van der Waals surface area contributed by atoms with Crippen LogP contribution in [0.1, 0.15) is 12.6 Å². The first-order valence-corrected chi connectivity index (χ1v) is 11.2. The molecule has 13 heteroatoms. The molecular formula is C19H25N7O5S. The zero-order chi connectivity index (χ0) is 23.1. The number of carbonyl (C=O) groups is 1. The fraction of sp³-hybridized carbons (Fsp3) is 0.474. The fourth-order valence-electron chi connectivity index (χ4n) is 3.21. The number of morpholine rings is 1. The molecule has 0 bridgehead atoms. The van der Waals surface area contributed by atoms with E-state index in [4.69, 9.17) is 15.2 Å². The Labute approximate surface area is 189 Å². The lowest BCUT2D eigenvalue weighted by Crippen LogP contribution is -2.36. The van der Waals surface area contributed by atoms with Crippen LogP contribution >= 0.6 is 11.8 Å². The molecule has 2 N–H and O–H groups in total. The van der Waals surface area contributed by atoms with Crippen molar-refractivity contribution in [3.05, 3.63) is 34.1 Å². The second-order valence-electron chi connectivity index (χ2n) is 6.79. The summed E-state index contributed by atoms with van der Waals surface area (Å²) in [4.78, 5) is 39.6. The Hall–Kier alpha value is -3.19. The van der Waals surface area contributed by atoms with Gasteiger partial charge in [0.2, 0.25) is 11.6 Å². The third-order valence-corrected chi connectivity index (χ3v) is 5.25. The van der Waals surface area contributed by atoms with Crippen LogP contribution in [0.25, 0.3) is 0 Å². The summed E-state index contributed by atoms with van der Waals surface area (Å²) in [6, 6.07) is 3.74. The van der Waals surface area contributed by atoms with Gasteiger partial charge in [-0.3, -0.25) is 19.9 Å². The molecule has 0 radical (unpaired) electrons. The molecule has 0 aliphatic carbocycles. The van der Waals surface area contributed by atoms with Crippen LogP contribution in [-0.2, 0) is 20.8 Å². The van der Waals surface area contributed by atoms with E-state index in [9.17, 15) is 14.9 Å². The average molecular weight is 464 g/mol. The number of esters is 1. The molecule has 32 heavy (non-hydrogen) atoms. The van der Waals surface area contributed by atoms with E-state index in [1.165, 1.54) is 16.7 Å². The monoisotopic (exact) mass is 463 g/mol. The Morgan fingerprint density at radius 2 is 2.12 bits per heavy atom. The lowest BCUT2D eigenvalue weighted by molar-refractivity contribution is -0.383. The van der Waals surface area contributed by atoms with Gasteiger partial charge in [-0.25, -0.2) is 0 Å². The van der Waals surface area contributed by atoms with E-state index in [2.05, 4.69) is 19.9 Å². The van der Waals surface area contributed by atoms with Crippen LogP contribution in [0.3, 0.4) is 0 Å². The van der Waals surface area contributed by atoms with E-state index in [0.29, 0.717) is 18.9 Å². The first kappa shape index (κ1) is 23.5. The number of rotatable bonds is 9. The van der Waals surface area contributed by atoms with Crippen molar-refractivity contribution in [1.29, 1.82) is 0 Å². The van der Waals surface area contributed by atoms with Gasteiger partial charge in [0.05, 0.1) is 48.9 Å². The molecule has 0 spiro atoms. The second kappa shape index (κ2) is 10.9. The van der Waals surface area contributed by atoms with Crippen molar-refractivity contribution in [3.8, 4) is 0 Å². The number of nitrogen functional groups attached to an aromatic ring is 1. The van der Waals surface area contributed by atoms with Gasteiger partial charge >= 0.3 is 11.7 Å². The molecule has 3 heterocycles. The molecule has 1 aliphatic rings. The van der Waals surface area contributed by atoms with Crippen LogP contribution in [0.2, 0.25) is 0 Å². The maximum atomic E-state index is 12.2. The molecule has 3 rings (SSSR count). The van der Waals surface area contributed by atoms with E-state index in [0.717, 1.165) is 18.8 Å². The maximum absolute atomic E-state index is 12.2. The Kier molecular flexibility index (Phi) is 8.00. The number of aromatic nitrogens is 3. The maximum Gasteiger partial charge on any atom is 0.353 e. The first-order valence-electron chi connectivity index (χ1n) is 9.97. The lowest BCUT2D eigenvalue weighted by atomic mass is 10.2. The summed E-state index contributed by atoms with van der Waals surface area (Å²) < 4.78 is 10.4. The number of nitrogens with two attached hydrogens (primary N) is 1. The summed E-state index contributed by atoms with van der Waals surface area (Å²) in [5.41, 5.74) is 6.94. The van der Waals surface area contributed by atoms with Gasteiger partial charge in [-0.15, -0.1) is 0 Å². The molecule has 1 aliphatic heterocycles. The van der Waals surface area contributed by atoms with Gasteiger partial charge in [-0.05, 0) is 25.3 Å². The molecule has 12 nitrogen and oxygen atoms in total. The molecule has 1 fully saturated rings. The van der Waals surface area contributed by atoms with Crippen LogP contribution in [0.5, 0.6) is 0 Å². The van der Waals surface area contributed by atoms with Crippen LogP contribution < -0.4 is 15.5 Å². The molecule has 0 aromatic carbocycles. The Morgan fingerprint density at radius 3 is 2.72 bits per heavy atom. The van der Waals surface area contributed by atoms with E-state index in [1.807, 2.05) is 12.1 Å². The van der Waals surface area contributed by atoms with Crippen molar-refractivity contribution < 1.29 is 19.2 Å². The van der Waals surface area contributed by atoms with E-state index in [1.54, 1.807) is 19.4 Å². The summed E-state index contributed by atoms with van der Waals surface area (Å²) in [5.74, 6) is -0.873. The zero-order valence-electron chi connectivity index (χ0n) is 17.9.